The lowest BCUT2D eigenvalue weighted by Crippen LogP contribution is -2.15. The third-order valence-corrected chi connectivity index (χ3v) is 5.32. The number of hydrogen-bond acceptors (Lipinski definition) is 4. The summed E-state index contributed by atoms with van der Waals surface area (Å²) in [5, 5.41) is 10.0. The van der Waals surface area contributed by atoms with E-state index in [4.69, 9.17) is 17.0 Å². The van der Waals surface area contributed by atoms with E-state index >= 15 is 0 Å². The molecule has 3 aromatic carbocycles. The zero-order valence-electron chi connectivity index (χ0n) is 18.0. The van der Waals surface area contributed by atoms with Gasteiger partial charge in [0, 0.05) is 30.3 Å². The fourth-order valence-electron chi connectivity index (χ4n) is 3.43. The number of hydrogen-bond donors (Lipinski definition) is 2. The highest BCUT2D eigenvalue weighted by atomic mass is 32.1. The summed E-state index contributed by atoms with van der Waals surface area (Å²) in [6.45, 7) is 2.67. The number of aromatic amines is 1. The van der Waals surface area contributed by atoms with Gasteiger partial charge < -0.3 is 10.1 Å². The Balaban J connectivity index is 1.37. The minimum absolute atomic E-state index is 0.142. The van der Waals surface area contributed by atoms with E-state index in [2.05, 4.69) is 15.5 Å². The second kappa shape index (κ2) is 10.2. The van der Waals surface area contributed by atoms with Gasteiger partial charge in [0.15, 0.2) is 10.6 Å². The summed E-state index contributed by atoms with van der Waals surface area (Å²) >= 11 is 5.36. The van der Waals surface area contributed by atoms with Gasteiger partial charge in [0.2, 0.25) is 5.91 Å². The highest BCUT2D eigenvalue weighted by Crippen LogP contribution is 2.20. The molecule has 0 saturated carbocycles. The van der Waals surface area contributed by atoms with Gasteiger partial charge in [-0.15, -0.1) is 0 Å². The number of benzene rings is 3. The number of rotatable bonds is 8. The Bertz CT molecular complexity index is 1330. The van der Waals surface area contributed by atoms with Gasteiger partial charge in [0.1, 0.15) is 18.2 Å². The fourth-order valence-corrected chi connectivity index (χ4v) is 3.65. The zero-order valence-corrected chi connectivity index (χ0v) is 18.9. The van der Waals surface area contributed by atoms with E-state index < -0.39 is 0 Å². The topological polar surface area (TPSA) is 71.9 Å². The largest absolute Gasteiger partial charge is 0.489 e. The molecule has 4 rings (SSSR count). The number of halogens is 1. The number of H-pyrrole nitrogens is 1. The number of nitrogens with zero attached hydrogens (tertiary/aromatic N) is 2. The summed E-state index contributed by atoms with van der Waals surface area (Å²) in [5.74, 6) is 0.659. The van der Waals surface area contributed by atoms with Gasteiger partial charge in [0.05, 0.1) is 0 Å². The molecule has 1 amide bonds. The van der Waals surface area contributed by atoms with Gasteiger partial charge in [-0.25, -0.2) is 4.39 Å². The van der Waals surface area contributed by atoms with Crippen LogP contribution < -0.4 is 10.1 Å². The molecule has 168 valence electrons. The minimum atomic E-state index is -0.350. The number of aromatic nitrogens is 3. The normalized spacial score (nSPS) is 10.7. The molecule has 0 aliphatic heterocycles. The monoisotopic (exact) mass is 462 g/mol. The number of aryl methyl sites for hydroxylation is 1. The SMILES string of the molecule is Cc1cccc(-c2n[nH]c(=S)n2CCC(=O)Nc2cccc(COc3cccc(F)c3)c2)c1. The Morgan fingerprint density at radius 2 is 1.94 bits per heavy atom. The van der Waals surface area contributed by atoms with Crippen LogP contribution in [0.5, 0.6) is 5.75 Å². The highest BCUT2D eigenvalue weighted by molar-refractivity contribution is 7.71. The van der Waals surface area contributed by atoms with Crippen LogP contribution in [-0.2, 0) is 17.9 Å². The lowest BCUT2D eigenvalue weighted by atomic mass is 10.1. The van der Waals surface area contributed by atoms with Crippen molar-refractivity contribution >= 4 is 23.8 Å². The second-order valence-corrected chi connectivity index (χ2v) is 8.00. The molecule has 2 N–H and O–H groups in total. The summed E-state index contributed by atoms with van der Waals surface area (Å²) in [6, 6.07) is 21.3. The molecular weight excluding hydrogens is 439 g/mol. The Labute approximate surface area is 196 Å². The van der Waals surface area contributed by atoms with Crippen LogP contribution in [0.25, 0.3) is 11.4 Å². The Morgan fingerprint density at radius 3 is 2.76 bits per heavy atom. The average Bonchev–Trinajstić information content (AvgIpc) is 3.17. The van der Waals surface area contributed by atoms with Crippen molar-refractivity contribution < 1.29 is 13.9 Å². The summed E-state index contributed by atoms with van der Waals surface area (Å²) < 4.78 is 21.2. The second-order valence-electron chi connectivity index (χ2n) is 7.62. The molecule has 0 aliphatic carbocycles. The smallest absolute Gasteiger partial charge is 0.226 e. The number of carbonyl (C=O) groups is 1. The predicted octanol–water partition coefficient (Wildman–Crippen LogP) is 5.66. The fraction of sp³-hybridized carbons (Fsp3) is 0.160. The van der Waals surface area contributed by atoms with Crippen molar-refractivity contribution in [2.75, 3.05) is 5.32 Å². The molecule has 0 saturated heterocycles. The van der Waals surface area contributed by atoms with Crippen molar-refractivity contribution in [1.82, 2.24) is 14.8 Å². The van der Waals surface area contributed by atoms with Crippen molar-refractivity contribution in [2.45, 2.75) is 26.5 Å². The van der Waals surface area contributed by atoms with E-state index in [1.54, 1.807) is 12.1 Å². The number of ether oxygens (including phenoxy) is 1. The first kappa shape index (κ1) is 22.4. The first-order valence-electron chi connectivity index (χ1n) is 10.5. The lowest BCUT2D eigenvalue weighted by molar-refractivity contribution is -0.116. The van der Waals surface area contributed by atoms with Gasteiger partial charge in [-0.1, -0.05) is 42.0 Å². The third-order valence-electron chi connectivity index (χ3n) is 5.01. The zero-order chi connectivity index (χ0) is 23.2. The van der Waals surface area contributed by atoms with E-state index in [-0.39, 0.29) is 24.8 Å². The molecular formula is C25H23FN4O2S. The summed E-state index contributed by atoms with van der Waals surface area (Å²) in [4.78, 5) is 12.6. The molecule has 0 fully saturated rings. The molecule has 0 atom stereocenters. The minimum Gasteiger partial charge on any atom is -0.489 e. The van der Waals surface area contributed by atoms with Crippen molar-refractivity contribution in [1.29, 1.82) is 0 Å². The lowest BCUT2D eigenvalue weighted by Gasteiger charge is -2.10. The van der Waals surface area contributed by atoms with Crippen LogP contribution >= 0.6 is 12.2 Å². The summed E-state index contributed by atoms with van der Waals surface area (Å²) in [6.07, 6.45) is 0.233. The molecule has 0 bridgehead atoms. The molecule has 0 radical (unpaired) electrons. The van der Waals surface area contributed by atoms with Crippen LogP contribution in [0.15, 0.2) is 72.8 Å². The quantitative estimate of drug-likeness (QED) is 0.331. The van der Waals surface area contributed by atoms with Gasteiger partial charge in [0.25, 0.3) is 0 Å². The first-order valence-corrected chi connectivity index (χ1v) is 10.9. The predicted molar refractivity (Wildman–Crippen MR) is 128 cm³/mol. The van der Waals surface area contributed by atoms with E-state index in [1.807, 2.05) is 60.0 Å². The van der Waals surface area contributed by atoms with Crippen LogP contribution in [0, 0.1) is 17.5 Å². The van der Waals surface area contributed by atoms with Crippen molar-refractivity contribution in [3.8, 4) is 17.1 Å². The van der Waals surface area contributed by atoms with Crippen molar-refractivity contribution in [3.63, 3.8) is 0 Å². The summed E-state index contributed by atoms with van der Waals surface area (Å²) in [5.41, 5.74) is 3.58. The standard InChI is InChI=1S/C25H23FN4O2S/c1-17-5-2-7-19(13-17)24-28-29-25(33)30(24)12-11-23(31)27-21-9-3-6-18(14-21)16-32-22-10-4-8-20(26)15-22/h2-10,13-15H,11-12,16H2,1H3,(H,27,31)(H,29,33). The molecule has 0 aliphatic rings. The van der Waals surface area contributed by atoms with Crippen LogP contribution in [-0.4, -0.2) is 20.7 Å². The Hall–Kier alpha value is -3.78. The molecule has 8 heteroatoms. The van der Waals surface area contributed by atoms with E-state index in [1.165, 1.54) is 12.1 Å². The Kier molecular flexibility index (Phi) is 6.95. The maximum Gasteiger partial charge on any atom is 0.226 e. The molecule has 33 heavy (non-hydrogen) atoms. The van der Waals surface area contributed by atoms with Gasteiger partial charge in [-0.05, 0) is 55.0 Å². The van der Waals surface area contributed by atoms with E-state index in [0.29, 0.717) is 28.6 Å². The number of carbonyl (C=O) groups excluding carboxylic acids is 1. The average molecular weight is 463 g/mol. The number of amides is 1. The van der Waals surface area contributed by atoms with Crippen LogP contribution in [0.4, 0.5) is 10.1 Å². The maximum absolute atomic E-state index is 13.3. The van der Waals surface area contributed by atoms with Crippen molar-refractivity contribution in [2.24, 2.45) is 0 Å². The van der Waals surface area contributed by atoms with Crippen LogP contribution in [0.2, 0.25) is 0 Å². The van der Waals surface area contributed by atoms with E-state index in [0.717, 1.165) is 16.7 Å². The van der Waals surface area contributed by atoms with Crippen molar-refractivity contribution in [3.05, 3.63) is 94.5 Å². The van der Waals surface area contributed by atoms with Gasteiger partial charge in [-0.2, -0.15) is 5.10 Å². The number of nitrogens with one attached hydrogen (secondary N) is 2. The molecule has 4 aromatic rings. The molecule has 1 heterocycles. The van der Waals surface area contributed by atoms with Crippen LogP contribution in [0.3, 0.4) is 0 Å². The molecule has 6 nitrogen and oxygen atoms in total. The highest BCUT2D eigenvalue weighted by Gasteiger charge is 2.11. The maximum atomic E-state index is 13.3. The van der Waals surface area contributed by atoms with Crippen LogP contribution in [0.1, 0.15) is 17.5 Å². The molecule has 0 unspecified atom stereocenters. The Morgan fingerprint density at radius 1 is 1.12 bits per heavy atom. The third kappa shape index (κ3) is 5.93. The van der Waals surface area contributed by atoms with Gasteiger partial charge >= 0.3 is 0 Å². The molecule has 1 aromatic heterocycles. The number of anilines is 1. The first-order chi connectivity index (χ1) is 16.0. The molecule has 0 spiro atoms. The summed E-state index contributed by atoms with van der Waals surface area (Å²) in [7, 11) is 0. The van der Waals surface area contributed by atoms with Gasteiger partial charge in [-0.3, -0.25) is 14.5 Å². The van der Waals surface area contributed by atoms with E-state index in [9.17, 15) is 9.18 Å².